The molecule has 15 heavy (non-hydrogen) atoms. The lowest BCUT2D eigenvalue weighted by Gasteiger charge is -2.01. The van der Waals surface area contributed by atoms with Crippen molar-refractivity contribution in [2.45, 2.75) is 6.54 Å². The van der Waals surface area contributed by atoms with E-state index in [-0.39, 0.29) is 0 Å². The molecule has 0 bridgehead atoms. The topological polar surface area (TPSA) is 63.6 Å². The molecule has 2 heterocycles. The molecule has 5 nitrogen and oxygen atoms in total. The van der Waals surface area contributed by atoms with Gasteiger partial charge in [-0.15, -0.1) is 0 Å². The lowest BCUT2D eigenvalue weighted by molar-refractivity contribution is 0.786. The first-order valence-corrected chi connectivity index (χ1v) is 4.64. The van der Waals surface area contributed by atoms with E-state index in [1.165, 1.54) is 0 Å². The van der Waals surface area contributed by atoms with Gasteiger partial charge in [-0.25, -0.2) is 19.9 Å². The van der Waals surface area contributed by atoms with Gasteiger partial charge < -0.3 is 5.32 Å². The highest BCUT2D eigenvalue weighted by molar-refractivity contribution is 5.41. The minimum Gasteiger partial charge on any atom is -0.314 e. The van der Waals surface area contributed by atoms with E-state index in [1.807, 2.05) is 13.1 Å². The summed E-state index contributed by atoms with van der Waals surface area (Å²) in [5.74, 6) is 1.11. The fourth-order valence-corrected chi connectivity index (χ4v) is 1.20. The van der Waals surface area contributed by atoms with Crippen LogP contribution in [-0.2, 0) is 6.54 Å². The lowest BCUT2D eigenvalue weighted by atomic mass is 10.4. The Bertz CT molecular complexity index is 429. The summed E-state index contributed by atoms with van der Waals surface area (Å²) in [5, 5.41) is 3.03. The van der Waals surface area contributed by atoms with E-state index in [4.69, 9.17) is 0 Å². The monoisotopic (exact) mass is 201 g/mol. The molecule has 2 aromatic heterocycles. The van der Waals surface area contributed by atoms with Crippen molar-refractivity contribution in [2.24, 2.45) is 0 Å². The number of hydrogen-bond donors (Lipinski definition) is 1. The number of rotatable bonds is 3. The molecule has 76 valence electrons. The third kappa shape index (κ3) is 2.32. The zero-order valence-electron chi connectivity index (χ0n) is 8.38. The van der Waals surface area contributed by atoms with E-state index in [0.717, 1.165) is 5.69 Å². The number of nitrogens with one attached hydrogen (secondary N) is 1. The van der Waals surface area contributed by atoms with Gasteiger partial charge in [-0.05, 0) is 19.2 Å². The first kappa shape index (κ1) is 9.67. The average Bonchev–Trinajstić information content (AvgIpc) is 2.31. The van der Waals surface area contributed by atoms with Crippen molar-refractivity contribution in [3.63, 3.8) is 0 Å². The molecule has 0 aliphatic carbocycles. The van der Waals surface area contributed by atoms with Crippen molar-refractivity contribution in [1.82, 2.24) is 25.3 Å². The van der Waals surface area contributed by atoms with Crippen LogP contribution < -0.4 is 5.32 Å². The van der Waals surface area contributed by atoms with E-state index in [9.17, 15) is 0 Å². The Morgan fingerprint density at radius 2 is 1.80 bits per heavy atom. The highest BCUT2D eigenvalue weighted by atomic mass is 15.0. The van der Waals surface area contributed by atoms with Crippen LogP contribution in [0.4, 0.5) is 0 Å². The van der Waals surface area contributed by atoms with Gasteiger partial charge in [-0.1, -0.05) is 0 Å². The van der Waals surface area contributed by atoms with Gasteiger partial charge in [0.05, 0.1) is 5.69 Å². The Kier molecular flexibility index (Phi) is 2.94. The van der Waals surface area contributed by atoms with Gasteiger partial charge in [0.1, 0.15) is 0 Å². The smallest absolute Gasteiger partial charge is 0.197 e. The first-order chi connectivity index (χ1) is 7.40. The Hall–Kier alpha value is -1.88. The van der Waals surface area contributed by atoms with E-state index >= 15 is 0 Å². The van der Waals surface area contributed by atoms with Crippen molar-refractivity contribution in [1.29, 1.82) is 0 Å². The standard InChI is InChI=1S/C10H11N5/c1-11-7-8-3-6-14-10(15-8)9-12-4-2-5-13-9/h2-6,11H,7H2,1H3. The summed E-state index contributed by atoms with van der Waals surface area (Å²) < 4.78 is 0. The molecular weight excluding hydrogens is 190 g/mol. The highest BCUT2D eigenvalue weighted by Crippen LogP contribution is 2.06. The normalized spacial score (nSPS) is 10.2. The quantitative estimate of drug-likeness (QED) is 0.790. The zero-order chi connectivity index (χ0) is 10.5. The van der Waals surface area contributed by atoms with Crippen LogP contribution in [0.25, 0.3) is 11.6 Å². The van der Waals surface area contributed by atoms with Gasteiger partial charge in [-0.3, -0.25) is 0 Å². The maximum atomic E-state index is 4.33. The van der Waals surface area contributed by atoms with E-state index in [0.29, 0.717) is 18.2 Å². The van der Waals surface area contributed by atoms with Gasteiger partial charge in [0.25, 0.3) is 0 Å². The summed E-state index contributed by atoms with van der Waals surface area (Å²) in [4.78, 5) is 16.6. The number of aromatic nitrogens is 4. The molecule has 0 spiro atoms. The van der Waals surface area contributed by atoms with Crippen LogP contribution in [0.3, 0.4) is 0 Å². The number of hydrogen-bond acceptors (Lipinski definition) is 5. The van der Waals surface area contributed by atoms with Gasteiger partial charge in [0, 0.05) is 25.1 Å². The van der Waals surface area contributed by atoms with Crippen molar-refractivity contribution >= 4 is 0 Å². The molecule has 0 aliphatic rings. The van der Waals surface area contributed by atoms with Crippen molar-refractivity contribution < 1.29 is 0 Å². The summed E-state index contributed by atoms with van der Waals surface area (Å²) in [6, 6.07) is 3.63. The first-order valence-electron chi connectivity index (χ1n) is 4.64. The molecule has 0 atom stereocenters. The minimum atomic E-state index is 0.551. The highest BCUT2D eigenvalue weighted by Gasteiger charge is 2.03. The Morgan fingerprint density at radius 1 is 1.07 bits per heavy atom. The van der Waals surface area contributed by atoms with Crippen molar-refractivity contribution in [3.05, 3.63) is 36.4 Å². The molecule has 0 saturated heterocycles. The molecule has 0 saturated carbocycles. The van der Waals surface area contributed by atoms with Crippen LogP contribution in [0.1, 0.15) is 5.69 Å². The summed E-state index contributed by atoms with van der Waals surface area (Å²) in [6.45, 7) is 0.711. The largest absolute Gasteiger partial charge is 0.314 e. The Labute approximate surface area is 87.6 Å². The predicted octanol–water partition coefficient (Wildman–Crippen LogP) is 0.653. The maximum Gasteiger partial charge on any atom is 0.197 e. The van der Waals surface area contributed by atoms with Crippen LogP contribution in [0.5, 0.6) is 0 Å². The second-order valence-electron chi connectivity index (χ2n) is 2.97. The van der Waals surface area contributed by atoms with Crippen molar-refractivity contribution in [2.75, 3.05) is 7.05 Å². The second-order valence-corrected chi connectivity index (χ2v) is 2.97. The summed E-state index contributed by atoms with van der Waals surface area (Å²) in [6.07, 6.45) is 5.07. The zero-order valence-corrected chi connectivity index (χ0v) is 8.38. The van der Waals surface area contributed by atoms with Gasteiger partial charge in [-0.2, -0.15) is 0 Å². The van der Waals surface area contributed by atoms with E-state index < -0.39 is 0 Å². The number of nitrogens with zero attached hydrogens (tertiary/aromatic N) is 4. The summed E-state index contributed by atoms with van der Waals surface area (Å²) >= 11 is 0. The second kappa shape index (κ2) is 4.56. The molecule has 0 radical (unpaired) electrons. The minimum absolute atomic E-state index is 0.551. The van der Waals surface area contributed by atoms with Gasteiger partial charge in [0.15, 0.2) is 11.6 Å². The van der Waals surface area contributed by atoms with Crippen LogP contribution in [0.15, 0.2) is 30.7 Å². The molecule has 2 rings (SSSR count). The van der Waals surface area contributed by atoms with Gasteiger partial charge >= 0.3 is 0 Å². The average molecular weight is 201 g/mol. The van der Waals surface area contributed by atoms with E-state index in [1.54, 1.807) is 24.7 Å². The maximum absolute atomic E-state index is 4.33. The SMILES string of the molecule is CNCc1ccnc(-c2ncccn2)n1. The molecule has 0 aliphatic heterocycles. The fourth-order valence-electron chi connectivity index (χ4n) is 1.20. The Morgan fingerprint density at radius 3 is 2.53 bits per heavy atom. The Balaban J connectivity index is 2.33. The molecule has 0 unspecified atom stereocenters. The van der Waals surface area contributed by atoms with Crippen LogP contribution in [0, 0.1) is 0 Å². The van der Waals surface area contributed by atoms with Gasteiger partial charge in [0.2, 0.25) is 0 Å². The molecule has 2 aromatic rings. The van der Waals surface area contributed by atoms with Crippen molar-refractivity contribution in [3.8, 4) is 11.6 Å². The third-order valence-corrected chi connectivity index (χ3v) is 1.84. The van der Waals surface area contributed by atoms with Crippen LogP contribution in [-0.4, -0.2) is 27.0 Å². The molecule has 0 fully saturated rings. The van der Waals surface area contributed by atoms with Crippen LogP contribution >= 0.6 is 0 Å². The molecular formula is C10H11N5. The molecule has 0 aromatic carbocycles. The van der Waals surface area contributed by atoms with E-state index in [2.05, 4.69) is 25.3 Å². The molecule has 1 N–H and O–H groups in total. The summed E-state index contributed by atoms with van der Waals surface area (Å²) in [7, 11) is 1.88. The van der Waals surface area contributed by atoms with Crippen LogP contribution in [0.2, 0.25) is 0 Å². The predicted molar refractivity (Wildman–Crippen MR) is 55.8 cm³/mol. The fraction of sp³-hybridized carbons (Fsp3) is 0.200. The third-order valence-electron chi connectivity index (χ3n) is 1.84. The summed E-state index contributed by atoms with van der Waals surface area (Å²) in [5.41, 5.74) is 0.926. The molecule has 5 heteroatoms. The molecule has 0 amide bonds. The lowest BCUT2D eigenvalue weighted by Crippen LogP contribution is -2.08.